The molecule has 0 heterocycles. The molecule has 0 aromatic heterocycles. The van der Waals surface area contributed by atoms with Crippen molar-refractivity contribution >= 4 is 45.4 Å². The van der Waals surface area contributed by atoms with E-state index in [1.54, 1.807) is 31.2 Å². The van der Waals surface area contributed by atoms with Gasteiger partial charge in [-0.15, -0.1) is 0 Å². The molecule has 10 heteroatoms. The van der Waals surface area contributed by atoms with E-state index < -0.39 is 28.4 Å². The molecule has 0 saturated carbocycles. The number of benzene rings is 2. The Bertz CT molecular complexity index is 1040. The second-order valence-electron chi connectivity index (χ2n) is 5.89. The summed E-state index contributed by atoms with van der Waals surface area (Å²) in [5, 5.41) is 13.2. The number of carboxylic acid groups (broad SMARTS) is 1. The van der Waals surface area contributed by atoms with Gasteiger partial charge in [-0.05, 0) is 30.7 Å². The lowest BCUT2D eigenvalue weighted by atomic mass is 10.1. The minimum atomic E-state index is -3.75. The normalized spacial score (nSPS) is 11.4. The molecule has 0 unspecified atom stereocenters. The number of carboxylic acids is 1. The minimum Gasteiger partial charge on any atom is -0.478 e. The zero-order valence-corrected chi connectivity index (χ0v) is 16.7. The predicted molar refractivity (Wildman–Crippen MR) is 108 cm³/mol. The second kappa shape index (κ2) is 8.85. The monoisotopic (exact) mass is 423 g/mol. The first-order chi connectivity index (χ1) is 13.1. The van der Waals surface area contributed by atoms with Crippen molar-refractivity contribution in [2.75, 3.05) is 17.1 Å². The van der Waals surface area contributed by atoms with Gasteiger partial charge < -0.3 is 5.11 Å². The van der Waals surface area contributed by atoms with Crippen LogP contribution in [0.15, 0.2) is 47.6 Å². The van der Waals surface area contributed by atoms with E-state index in [1.165, 1.54) is 24.4 Å². The van der Waals surface area contributed by atoms with Gasteiger partial charge in [-0.2, -0.15) is 5.10 Å². The average Bonchev–Trinajstić information content (AvgIpc) is 2.61. The molecule has 0 aliphatic heterocycles. The highest BCUT2D eigenvalue weighted by Gasteiger charge is 2.21. The Morgan fingerprint density at radius 3 is 2.54 bits per heavy atom. The fraction of sp³-hybridized carbons (Fsp3) is 0.167. The summed E-state index contributed by atoms with van der Waals surface area (Å²) in [5.74, 6) is -1.83. The van der Waals surface area contributed by atoms with E-state index in [2.05, 4.69) is 10.5 Å². The van der Waals surface area contributed by atoms with Crippen molar-refractivity contribution < 1.29 is 23.1 Å². The van der Waals surface area contributed by atoms with Crippen LogP contribution < -0.4 is 9.73 Å². The topological polar surface area (TPSA) is 116 Å². The van der Waals surface area contributed by atoms with Gasteiger partial charge in [0.1, 0.15) is 6.54 Å². The largest absolute Gasteiger partial charge is 0.478 e. The third-order valence-corrected chi connectivity index (χ3v) is 5.26. The smallest absolute Gasteiger partial charge is 0.336 e. The van der Waals surface area contributed by atoms with Gasteiger partial charge in [-0.3, -0.25) is 9.10 Å². The van der Waals surface area contributed by atoms with Crippen molar-refractivity contribution in [3.05, 3.63) is 64.2 Å². The lowest BCUT2D eigenvalue weighted by molar-refractivity contribution is -0.119. The predicted octanol–water partition coefficient (Wildman–Crippen LogP) is 2.26. The first-order valence-electron chi connectivity index (χ1n) is 7.97. The van der Waals surface area contributed by atoms with Crippen molar-refractivity contribution in [1.29, 1.82) is 0 Å². The number of aromatic carboxylic acids is 1. The minimum absolute atomic E-state index is 0.0209. The van der Waals surface area contributed by atoms with Crippen molar-refractivity contribution in [3.63, 3.8) is 0 Å². The summed E-state index contributed by atoms with van der Waals surface area (Å²) in [5.41, 5.74) is 3.52. The van der Waals surface area contributed by atoms with E-state index in [1.807, 2.05) is 0 Å². The van der Waals surface area contributed by atoms with Gasteiger partial charge >= 0.3 is 5.97 Å². The zero-order chi connectivity index (χ0) is 20.9. The van der Waals surface area contributed by atoms with Crippen LogP contribution in [0.1, 0.15) is 21.5 Å². The molecule has 0 radical (unpaired) electrons. The van der Waals surface area contributed by atoms with E-state index >= 15 is 0 Å². The first-order valence-corrected chi connectivity index (χ1v) is 10.2. The number of carbonyl (C=O) groups is 2. The standard InChI is InChI=1S/C18H18ClN3O5S/c1-12-7-8-14(9-16(12)19)22(28(2,26)27)11-17(23)21-20-10-13-5-3-4-6-15(13)18(24)25/h3-10H,11H2,1-2H3,(H,21,23)(H,24,25)/b20-10-. The van der Waals surface area contributed by atoms with Crippen LogP contribution in [0.3, 0.4) is 0 Å². The molecular formula is C18H18ClN3O5S. The average molecular weight is 424 g/mol. The molecule has 0 aliphatic carbocycles. The number of nitrogens with one attached hydrogen (secondary N) is 1. The molecule has 0 spiro atoms. The number of hydrazone groups is 1. The molecule has 8 nitrogen and oxygen atoms in total. The first kappa shape index (κ1) is 21.4. The molecule has 2 N–H and O–H groups in total. The Balaban J connectivity index is 2.15. The summed E-state index contributed by atoms with van der Waals surface area (Å²) in [6, 6.07) is 10.8. The zero-order valence-electron chi connectivity index (χ0n) is 15.1. The number of hydrogen-bond donors (Lipinski definition) is 2. The van der Waals surface area contributed by atoms with Gasteiger partial charge in [-0.1, -0.05) is 35.9 Å². The number of halogens is 1. The molecule has 2 rings (SSSR count). The highest BCUT2D eigenvalue weighted by molar-refractivity contribution is 7.92. The van der Waals surface area contributed by atoms with Crippen molar-refractivity contribution in [1.82, 2.24) is 5.43 Å². The van der Waals surface area contributed by atoms with E-state index in [-0.39, 0.29) is 11.3 Å². The number of amides is 1. The Morgan fingerprint density at radius 2 is 1.93 bits per heavy atom. The number of anilines is 1. The molecule has 0 fully saturated rings. The van der Waals surface area contributed by atoms with E-state index in [9.17, 15) is 18.0 Å². The quantitative estimate of drug-likeness (QED) is 0.523. The Labute approximate surface area is 167 Å². The summed E-state index contributed by atoms with van der Waals surface area (Å²) in [7, 11) is -3.75. The van der Waals surface area contributed by atoms with Crippen molar-refractivity contribution in [3.8, 4) is 0 Å². The van der Waals surface area contributed by atoms with Crippen molar-refractivity contribution in [2.24, 2.45) is 5.10 Å². The highest BCUT2D eigenvalue weighted by atomic mass is 35.5. The Hall–Kier alpha value is -2.91. The number of rotatable bonds is 7. The van der Waals surface area contributed by atoms with Crippen LogP contribution in [0.5, 0.6) is 0 Å². The Kier molecular flexibility index (Phi) is 6.76. The molecule has 0 saturated heterocycles. The maximum Gasteiger partial charge on any atom is 0.336 e. The maximum absolute atomic E-state index is 12.2. The SMILES string of the molecule is Cc1ccc(N(CC(=O)N/N=C\c2ccccc2C(=O)O)S(C)(=O)=O)cc1Cl. The Morgan fingerprint density at radius 1 is 1.25 bits per heavy atom. The van der Waals surface area contributed by atoms with Gasteiger partial charge in [0.15, 0.2) is 0 Å². The summed E-state index contributed by atoms with van der Waals surface area (Å²) < 4.78 is 25.1. The molecule has 0 atom stereocenters. The molecule has 0 aliphatic rings. The third kappa shape index (κ3) is 5.54. The van der Waals surface area contributed by atoms with Gasteiger partial charge in [0.05, 0.1) is 23.7 Å². The fourth-order valence-corrected chi connectivity index (χ4v) is 3.30. The molecule has 148 valence electrons. The summed E-state index contributed by atoms with van der Waals surface area (Å²) in [6.07, 6.45) is 2.15. The lowest BCUT2D eigenvalue weighted by Crippen LogP contribution is -2.39. The number of aryl methyl sites for hydroxylation is 1. The lowest BCUT2D eigenvalue weighted by Gasteiger charge is -2.21. The number of nitrogens with zero attached hydrogens (tertiary/aromatic N) is 2. The number of carbonyl (C=O) groups excluding carboxylic acids is 1. The molecule has 0 bridgehead atoms. The second-order valence-corrected chi connectivity index (χ2v) is 8.20. The number of sulfonamides is 1. The number of hydrogen-bond acceptors (Lipinski definition) is 5. The van der Waals surface area contributed by atoms with Gasteiger partial charge in [0, 0.05) is 10.6 Å². The van der Waals surface area contributed by atoms with E-state index in [0.29, 0.717) is 10.6 Å². The molecular weight excluding hydrogens is 406 g/mol. The van der Waals surface area contributed by atoms with Crippen LogP contribution in [0.4, 0.5) is 5.69 Å². The third-order valence-electron chi connectivity index (χ3n) is 3.72. The molecule has 2 aromatic rings. The molecule has 2 aromatic carbocycles. The van der Waals surface area contributed by atoms with Crippen molar-refractivity contribution in [2.45, 2.75) is 6.92 Å². The van der Waals surface area contributed by atoms with Gasteiger partial charge in [0.2, 0.25) is 10.0 Å². The van der Waals surface area contributed by atoms with Crippen LogP contribution in [0.2, 0.25) is 5.02 Å². The summed E-state index contributed by atoms with van der Waals surface area (Å²) in [6.45, 7) is 1.25. The summed E-state index contributed by atoms with van der Waals surface area (Å²) in [4.78, 5) is 23.3. The highest BCUT2D eigenvalue weighted by Crippen LogP contribution is 2.24. The van der Waals surface area contributed by atoms with Crippen LogP contribution in [-0.4, -0.2) is 44.4 Å². The van der Waals surface area contributed by atoms with E-state index in [4.69, 9.17) is 16.7 Å². The van der Waals surface area contributed by atoms with Crippen LogP contribution in [0.25, 0.3) is 0 Å². The fourth-order valence-electron chi connectivity index (χ4n) is 2.28. The van der Waals surface area contributed by atoms with Gasteiger partial charge in [0.25, 0.3) is 5.91 Å². The van der Waals surface area contributed by atoms with Gasteiger partial charge in [-0.25, -0.2) is 18.6 Å². The van der Waals surface area contributed by atoms with Crippen LogP contribution in [0, 0.1) is 6.92 Å². The van der Waals surface area contributed by atoms with E-state index in [0.717, 1.165) is 16.1 Å². The van der Waals surface area contributed by atoms with Crippen LogP contribution in [-0.2, 0) is 14.8 Å². The molecule has 1 amide bonds. The summed E-state index contributed by atoms with van der Waals surface area (Å²) >= 11 is 6.04. The van der Waals surface area contributed by atoms with Crippen LogP contribution >= 0.6 is 11.6 Å². The maximum atomic E-state index is 12.2. The molecule has 28 heavy (non-hydrogen) atoms.